The monoisotopic (exact) mass is 424 g/mol. The first-order chi connectivity index (χ1) is 14.9. The lowest BCUT2D eigenvalue weighted by atomic mass is 9.76. The molecule has 1 aromatic carbocycles. The fourth-order valence-electron chi connectivity index (χ4n) is 5.07. The second kappa shape index (κ2) is 7.30. The molecule has 0 unspecified atom stereocenters. The highest BCUT2D eigenvalue weighted by molar-refractivity contribution is 5.93. The van der Waals surface area contributed by atoms with Crippen molar-refractivity contribution in [2.75, 3.05) is 20.1 Å². The number of hydrogen-bond acceptors (Lipinski definition) is 4. The van der Waals surface area contributed by atoms with Gasteiger partial charge in [0.25, 0.3) is 0 Å². The maximum atomic E-state index is 13.3. The van der Waals surface area contributed by atoms with E-state index in [1.165, 1.54) is 12.1 Å². The molecule has 4 atom stereocenters. The Bertz CT molecular complexity index is 1050. The van der Waals surface area contributed by atoms with E-state index in [1.807, 2.05) is 25.4 Å². The number of nitrogens with zero attached hydrogens (tertiary/aromatic N) is 4. The normalized spacial score (nSPS) is 28.4. The quantitative estimate of drug-likeness (QED) is 0.660. The van der Waals surface area contributed by atoms with Gasteiger partial charge >= 0.3 is 0 Å². The summed E-state index contributed by atoms with van der Waals surface area (Å²) in [6, 6.07) is 6.13. The molecule has 7 nitrogen and oxygen atoms in total. The van der Waals surface area contributed by atoms with E-state index in [0.717, 1.165) is 11.1 Å². The third-order valence-corrected chi connectivity index (χ3v) is 6.62. The number of likely N-dealkylation sites (tertiary alicyclic amines) is 1. The number of ether oxygens (including phenoxy) is 1. The van der Waals surface area contributed by atoms with E-state index in [0.29, 0.717) is 26.1 Å². The van der Waals surface area contributed by atoms with Crippen molar-refractivity contribution in [1.82, 2.24) is 19.6 Å². The highest BCUT2D eigenvalue weighted by Crippen LogP contribution is 2.52. The van der Waals surface area contributed by atoms with Crippen LogP contribution in [-0.4, -0.2) is 63.2 Å². The lowest BCUT2D eigenvalue weighted by Crippen LogP contribution is -2.45. The summed E-state index contributed by atoms with van der Waals surface area (Å²) in [7, 11) is 3.64. The first-order valence-corrected chi connectivity index (χ1v) is 10.5. The number of halogens is 1. The summed E-state index contributed by atoms with van der Waals surface area (Å²) >= 11 is 0. The zero-order valence-corrected chi connectivity index (χ0v) is 17.6. The average molecular weight is 424 g/mol. The topological polar surface area (TPSA) is 67.7 Å². The van der Waals surface area contributed by atoms with Gasteiger partial charge in [-0.1, -0.05) is 24.3 Å². The Hall–Kier alpha value is -3.00. The highest BCUT2D eigenvalue weighted by Gasteiger charge is 2.67. The Morgan fingerprint density at radius 1 is 1.32 bits per heavy atom. The molecule has 5 rings (SSSR count). The van der Waals surface area contributed by atoms with Crippen molar-refractivity contribution in [3.05, 3.63) is 65.8 Å². The van der Waals surface area contributed by atoms with Gasteiger partial charge in [0.15, 0.2) is 0 Å². The molecule has 3 aliphatic rings. The molecular weight excluding hydrogens is 399 g/mol. The number of likely N-dealkylation sites (N-methyl/N-ethyl adjacent to an activating group) is 1. The van der Waals surface area contributed by atoms with Gasteiger partial charge < -0.3 is 14.5 Å². The van der Waals surface area contributed by atoms with Gasteiger partial charge in [-0.15, -0.1) is 0 Å². The zero-order valence-electron chi connectivity index (χ0n) is 17.6. The number of carbonyl (C=O) groups excluding carboxylic acids is 2. The van der Waals surface area contributed by atoms with Crippen molar-refractivity contribution >= 4 is 11.8 Å². The Labute approximate surface area is 180 Å². The van der Waals surface area contributed by atoms with Gasteiger partial charge in [0, 0.05) is 33.4 Å². The van der Waals surface area contributed by atoms with Crippen LogP contribution in [0.5, 0.6) is 0 Å². The van der Waals surface area contributed by atoms with Gasteiger partial charge in [-0.3, -0.25) is 14.3 Å². The summed E-state index contributed by atoms with van der Waals surface area (Å²) in [6.07, 6.45) is 7.93. The molecule has 0 aliphatic carbocycles. The second-order valence-corrected chi connectivity index (χ2v) is 8.75. The van der Waals surface area contributed by atoms with E-state index in [1.54, 1.807) is 39.9 Å². The molecule has 1 spiro atoms. The molecule has 8 heteroatoms. The lowest BCUT2D eigenvalue weighted by molar-refractivity contribution is -0.142. The molecule has 2 fully saturated rings. The maximum Gasteiger partial charge on any atom is 0.230 e. The van der Waals surface area contributed by atoms with Gasteiger partial charge in [0.05, 0.1) is 30.7 Å². The Kier molecular flexibility index (Phi) is 4.69. The van der Waals surface area contributed by atoms with Crippen molar-refractivity contribution in [2.24, 2.45) is 18.9 Å². The average Bonchev–Trinajstić information content (AvgIpc) is 3.49. The molecule has 1 aromatic heterocycles. The Morgan fingerprint density at radius 2 is 2.10 bits per heavy atom. The maximum absolute atomic E-state index is 13.3. The summed E-state index contributed by atoms with van der Waals surface area (Å²) in [4.78, 5) is 30.1. The molecule has 0 saturated carbocycles. The van der Waals surface area contributed by atoms with Crippen LogP contribution in [0.3, 0.4) is 0 Å². The second-order valence-electron chi connectivity index (χ2n) is 8.75. The third-order valence-electron chi connectivity index (χ3n) is 6.62. The number of aromatic nitrogens is 2. The number of hydrogen-bond donors (Lipinski definition) is 0. The molecule has 3 aliphatic heterocycles. The predicted molar refractivity (Wildman–Crippen MR) is 110 cm³/mol. The molecular formula is C23H25FN4O3. The summed E-state index contributed by atoms with van der Waals surface area (Å²) < 4.78 is 21.2. The smallest absolute Gasteiger partial charge is 0.230 e. The summed E-state index contributed by atoms with van der Waals surface area (Å²) in [6.45, 7) is 1.33. The number of rotatable bonds is 6. The van der Waals surface area contributed by atoms with Crippen LogP contribution >= 0.6 is 0 Å². The standard InChI is InChI=1S/C23H25FN4O3/c1-26(10-8-16-11-25-27(2)12-16)21(29)19-18-7-9-23(31-18)14-28(22(30)20(19)23)13-15-3-5-17(24)6-4-15/h3-7,9,11-12,18-20H,8,10,13-14H2,1-2H3/t18-,19+,20+,23-/m0/s1. The number of aryl methyl sites for hydroxylation is 1. The van der Waals surface area contributed by atoms with Crippen molar-refractivity contribution < 1.29 is 18.7 Å². The van der Waals surface area contributed by atoms with Gasteiger partial charge in [0.2, 0.25) is 11.8 Å². The van der Waals surface area contributed by atoms with E-state index in [9.17, 15) is 14.0 Å². The minimum absolute atomic E-state index is 0.0675. The SMILES string of the molecule is CN(CCc1cnn(C)c1)C(=O)[C@@H]1[C@@H]2C=C[C@@]3(CN(Cc4ccc(F)cc4)C(=O)[C@@H]13)O2. The van der Waals surface area contributed by atoms with Gasteiger partial charge in [-0.25, -0.2) is 4.39 Å². The number of benzene rings is 1. The third kappa shape index (κ3) is 3.35. The van der Waals surface area contributed by atoms with Gasteiger partial charge in [-0.05, 0) is 29.7 Å². The fraction of sp³-hybridized carbons (Fsp3) is 0.435. The number of carbonyl (C=O) groups is 2. The van der Waals surface area contributed by atoms with Crippen LogP contribution in [0.1, 0.15) is 11.1 Å². The van der Waals surface area contributed by atoms with E-state index in [2.05, 4.69) is 5.10 Å². The molecule has 2 saturated heterocycles. The molecule has 31 heavy (non-hydrogen) atoms. The van der Waals surface area contributed by atoms with Crippen LogP contribution in [0, 0.1) is 17.7 Å². The van der Waals surface area contributed by atoms with Crippen LogP contribution in [0.4, 0.5) is 4.39 Å². The van der Waals surface area contributed by atoms with Crippen LogP contribution in [-0.2, 0) is 34.3 Å². The Morgan fingerprint density at radius 3 is 2.81 bits per heavy atom. The molecule has 2 aromatic rings. The summed E-state index contributed by atoms with van der Waals surface area (Å²) in [5.74, 6) is -1.49. The largest absolute Gasteiger partial charge is 0.360 e. The first-order valence-electron chi connectivity index (χ1n) is 10.5. The summed E-state index contributed by atoms with van der Waals surface area (Å²) in [5, 5.41) is 4.16. The van der Waals surface area contributed by atoms with E-state index in [-0.39, 0.29) is 23.7 Å². The van der Waals surface area contributed by atoms with Crippen molar-refractivity contribution in [3.8, 4) is 0 Å². The minimum atomic E-state index is -0.744. The van der Waals surface area contributed by atoms with Crippen molar-refractivity contribution in [2.45, 2.75) is 24.7 Å². The molecule has 162 valence electrons. The van der Waals surface area contributed by atoms with E-state index in [4.69, 9.17) is 4.74 Å². The van der Waals surface area contributed by atoms with Crippen LogP contribution in [0.15, 0.2) is 48.8 Å². The summed E-state index contributed by atoms with van der Waals surface area (Å²) in [5.41, 5.74) is 1.16. The molecule has 4 heterocycles. The minimum Gasteiger partial charge on any atom is -0.360 e. The van der Waals surface area contributed by atoms with Gasteiger partial charge in [0.1, 0.15) is 11.4 Å². The van der Waals surface area contributed by atoms with Gasteiger partial charge in [-0.2, -0.15) is 5.10 Å². The molecule has 2 bridgehead atoms. The Balaban J connectivity index is 1.30. The number of fused-ring (bicyclic) bond motifs is 1. The van der Waals surface area contributed by atoms with Crippen LogP contribution in [0.2, 0.25) is 0 Å². The zero-order chi connectivity index (χ0) is 21.8. The lowest BCUT2D eigenvalue weighted by Gasteiger charge is -2.27. The predicted octanol–water partition coefficient (Wildman–Crippen LogP) is 1.54. The van der Waals surface area contributed by atoms with Crippen LogP contribution < -0.4 is 0 Å². The molecule has 0 N–H and O–H groups in total. The van der Waals surface area contributed by atoms with E-state index >= 15 is 0 Å². The molecule has 0 radical (unpaired) electrons. The highest BCUT2D eigenvalue weighted by atomic mass is 19.1. The molecule has 2 amide bonds. The van der Waals surface area contributed by atoms with E-state index < -0.39 is 17.4 Å². The van der Waals surface area contributed by atoms with Crippen molar-refractivity contribution in [1.29, 1.82) is 0 Å². The van der Waals surface area contributed by atoms with Crippen LogP contribution in [0.25, 0.3) is 0 Å². The fourth-order valence-corrected chi connectivity index (χ4v) is 5.07. The van der Waals surface area contributed by atoms with Crippen molar-refractivity contribution in [3.63, 3.8) is 0 Å². The number of amides is 2. The first kappa shape index (κ1) is 19.9.